The quantitative estimate of drug-likeness (QED) is 0.805. The first-order valence-electron chi connectivity index (χ1n) is 7.29. The Morgan fingerprint density at radius 1 is 1.27 bits per heavy atom. The van der Waals surface area contributed by atoms with Crippen LogP contribution in [0, 0.1) is 0 Å². The molecule has 0 radical (unpaired) electrons. The Morgan fingerprint density at radius 2 is 2.09 bits per heavy atom. The van der Waals surface area contributed by atoms with E-state index < -0.39 is 5.69 Å². The van der Waals surface area contributed by atoms with E-state index in [2.05, 4.69) is 19.9 Å². The fourth-order valence-corrected chi connectivity index (χ4v) is 3.62. The highest BCUT2D eigenvalue weighted by atomic mass is 32.2. The number of thioether (sulfide) groups is 1. The summed E-state index contributed by atoms with van der Waals surface area (Å²) in [5.41, 5.74) is -0.00216. The Balaban J connectivity index is 1.52. The van der Waals surface area contributed by atoms with Gasteiger partial charge in [-0.25, -0.2) is 4.79 Å². The zero-order chi connectivity index (χ0) is 15.4. The summed E-state index contributed by atoms with van der Waals surface area (Å²) in [5.74, 6) is 1.25. The van der Waals surface area contributed by atoms with Crippen molar-refractivity contribution in [3.05, 3.63) is 57.1 Å². The Kier molecular flexibility index (Phi) is 4.74. The van der Waals surface area contributed by atoms with Crippen LogP contribution in [0.15, 0.2) is 45.1 Å². The number of aromatic nitrogens is 3. The molecule has 1 aliphatic heterocycles. The molecule has 7 heteroatoms. The molecule has 6 nitrogen and oxygen atoms in total. The van der Waals surface area contributed by atoms with E-state index in [0.717, 1.165) is 37.5 Å². The van der Waals surface area contributed by atoms with Gasteiger partial charge in [0.15, 0.2) is 0 Å². The van der Waals surface area contributed by atoms with Gasteiger partial charge in [0.2, 0.25) is 0 Å². The van der Waals surface area contributed by atoms with Crippen LogP contribution in [0.1, 0.15) is 18.0 Å². The summed E-state index contributed by atoms with van der Waals surface area (Å²) in [6, 6.07) is 5.53. The summed E-state index contributed by atoms with van der Waals surface area (Å²) in [7, 11) is 0. The molecule has 1 saturated heterocycles. The second-order valence-electron chi connectivity index (χ2n) is 5.36. The van der Waals surface area contributed by atoms with Crippen LogP contribution < -0.4 is 11.2 Å². The monoisotopic (exact) mass is 318 g/mol. The molecule has 0 saturated carbocycles. The molecule has 0 aromatic carbocycles. The molecule has 1 atom stereocenters. The number of hydrogen-bond donors (Lipinski definition) is 2. The SMILES string of the molecule is O=c1cc(C2CCN(CCSc3ccncc3)C2)[nH]c(=O)[nH]1. The molecule has 0 bridgehead atoms. The van der Waals surface area contributed by atoms with Crippen molar-refractivity contribution < 1.29 is 0 Å². The van der Waals surface area contributed by atoms with Gasteiger partial charge in [-0.1, -0.05) is 0 Å². The van der Waals surface area contributed by atoms with Crippen LogP contribution >= 0.6 is 11.8 Å². The van der Waals surface area contributed by atoms with Crippen LogP contribution in [-0.2, 0) is 0 Å². The lowest BCUT2D eigenvalue weighted by Crippen LogP contribution is -2.26. The predicted octanol–water partition coefficient (Wildman–Crippen LogP) is 1.04. The highest BCUT2D eigenvalue weighted by Gasteiger charge is 2.24. The summed E-state index contributed by atoms with van der Waals surface area (Å²) >= 11 is 1.81. The average Bonchev–Trinajstić information content (AvgIpc) is 2.96. The van der Waals surface area contributed by atoms with Crippen LogP contribution in [-0.4, -0.2) is 45.2 Å². The molecule has 2 aromatic heterocycles. The van der Waals surface area contributed by atoms with Crippen molar-refractivity contribution in [1.29, 1.82) is 0 Å². The average molecular weight is 318 g/mol. The molecule has 1 fully saturated rings. The fraction of sp³-hybridized carbons (Fsp3) is 0.400. The lowest BCUT2D eigenvalue weighted by Gasteiger charge is -2.15. The van der Waals surface area contributed by atoms with Crippen molar-refractivity contribution in [1.82, 2.24) is 19.9 Å². The first-order chi connectivity index (χ1) is 10.7. The number of H-pyrrole nitrogens is 2. The van der Waals surface area contributed by atoms with E-state index in [1.807, 2.05) is 23.9 Å². The molecule has 2 N–H and O–H groups in total. The zero-order valence-electron chi connectivity index (χ0n) is 12.1. The van der Waals surface area contributed by atoms with Gasteiger partial charge in [-0.2, -0.15) is 0 Å². The molecule has 2 aromatic rings. The Morgan fingerprint density at radius 3 is 2.86 bits per heavy atom. The third-order valence-corrected chi connectivity index (χ3v) is 4.81. The first-order valence-corrected chi connectivity index (χ1v) is 8.28. The summed E-state index contributed by atoms with van der Waals surface area (Å²) in [4.78, 5) is 35.3. The van der Waals surface area contributed by atoms with Gasteiger partial charge in [0.05, 0.1) is 0 Å². The van der Waals surface area contributed by atoms with Crippen LogP contribution in [0.3, 0.4) is 0 Å². The molecular weight excluding hydrogens is 300 g/mol. The lowest BCUT2D eigenvalue weighted by molar-refractivity contribution is 0.356. The molecule has 0 spiro atoms. The van der Waals surface area contributed by atoms with Crippen LogP contribution in [0.4, 0.5) is 0 Å². The summed E-state index contributed by atoms with van der Waals surface area (Å²) in [5, 5.41) is 0. The predicted molar refractivity (Wildman–Crippen MR) is 86.4 cm³/mol. The Hall–Kier alpha value is -1.86. The Bertz CT molecular complexity index is 700. The van der Waals surface area contributed by atoms with Crippen molar-refractivity contribution in [3.63, 3.8) is 0 Å². The minimum absolute atomic E-state index is 0.237. The van der Waals surface area contributed by atoms with Gasteiger partial charge in [0, 0.05) is 53.8 Å². The van der Waals surface area contributed by atoms with Crippen LogP contribution in [0.5, 0.6) is 0 Å². The number of likely N-dealkylation sites (tertiary alicyclic amines) is 1. The van der Waals surface area contributed by atoms with Crippen molar-refractivity contribution in [2.24, 2.45) is 0 Å². The first kappa shape index (κ1) is 15.1. The van der Waals surface area contributed by atoms with Gasteiger partial charge in [-0.05, 0) is 25.1 Å². The number of aromatic amines is 2. The molecule has 0 aliphatic carbocycles. The molecule has 1 aliphatic rings. The van der Waals surface area contributed by atoms with Crippen molar-refractivity contribution in [2.75, 3.05) is 25.4 Å². The largest absolute Gasteiger partial charge is 0.325 e. The van der Waals surface area contributed by atoms with Gasteiger partial charge in [0.1, 0.15) is 0 Å². The van der Waals surface area contributed by atoms with E-state index in [9.17, 15) is 9.59 Å². The second kappa shape index (κ2) is 6.93. The normalized spacial score (nSPS) is 18.6. The van der Waals surface area contributed by atoms with Crippen LogP contribution in [0.2, 0.25) is 0 Å². The number of pyridine rings is 1. The maximum Gasteiger partial charge on any atom is 0.325 e. The standard InChI is InChI=1S/C15H18N4O2S/c20-14-9-13(17-15(21)18-14)11-3-6-19(10-11)7-8-22-12-1-4-16-5-2-12/h1-2,4-5,9,11H,3,6-8,10H2,(H2,17,18,20,21). The number of rotatable bonds is 5. The number of hydrogen-bond acceptors (Lipinski definition) is 5. The molecule has 3 rings (SSSR count). The fourth-order valence-electron chi connectivity index (χ4n) is 2.72. The third kappa shape index (κ3) is 3.86. The van der Waals surface area contributed by atoms with Crippen molar-refractivity contribution in [2.45, 2.75) is 17.2 Å². The van der Waals surface area contributed by atoms with E-state index >= 15 is 0 Å². The Labute approximate surface area is 132 Å². The molecule has 0 amide bonds. The zero-order valence-corrected chi connectivity index (χ0v) is 12.9. The minimum atomic E-state index is -0.422. The van der Waals surface area contributed by atoms with Gasteiger partial charge in [0.25, 0.3) is 5.56 Å². The third-order valence-electron chi connectivity index (χ3n) is 3.82. The maximum absolute atomic E-state index is 11.4. The minimum Gasteiger partial charge on any atom is -0.311 e. The maximum atomic E-state index is 11.4. The summed E-state index contributed by atoms with van der Waals surface area (Å²) < 4.78 is 0. The van der Waals surface area contributed by atoms with Crippen molar-refractivity contribution >= 4 is 11.8 Å². The van der Waals surface area contributed by atoms with Gasteiger partial charge in [-0.15, -0.1) is 11.8 Å². The van der Waals surface area contributed by atoms with Crippen LogP contribution in [0.25, 0.3) is 0 Å². The van der Waals surface area contributed by atoms with E-state index in [4.69, 9.17) is 0 Å². The summed E-state index contributed by atoms with van der Waals surface area (Å²) in [6.45, 7) is 2.88. The number of nitrogens with one attached hydrogen (secondary N) is 2. The molecule has 22 heavy (non-hydrogen) atoms. The number of nitrogens with zero attached hydrogens (tertiary/aromatic N) is 2. The summed E-state index contributed by atoms with van der Waals surface area (Å²) in [6.07, 6.45) is 4.58. The highest BCUT2D eigenvalue weighted by Crippen LogP contribution is 2.25. The van der Waals surface area contributed by atoms with E-state index in [1.165, 1.54) is 11.0 Å². The smallest absolute Gasteiger partial charge is 0.311 e. The van der Waals surface area contributed by atoms with Crippen molar-refractivity contribution in [3.8, 4) is 0 Å². The highest BCUT2D eigenvalue weighted by molar-refractivity contribution is 7.99. The lowest BCUT2D eigenvalue weighted by atomic mass is 10.1. The van der Waals surface area contributed by atoms with Gasteiger partial charge >= 0.3 is 5.69 Å². The van der Waals surface area contributed by atoms with Gasteiger partial charge < -0.3 is 9.88 Å². The molecule has 3 heterocycles. The second-order valence-corrected chi connectivity index (χ2v) is 6.53. The molecule has 116 valence electrons. The van der Waals surface area contributed by atoms with E-state index in [-0.39, 0.29) is 11.5 Å². The topological polar surface area (TPSA) is 81.8 Å². The van der Waals surface area contributed by atoms with E-state index in [1.54, 1.807) is 12.4 Å². The van der Waals surface area contributed by atoms with E-state index in [0.29, 0.717) is 0 Å². The molecule has 1 unspecified atom stereocenters. The molecular formula is C15H18N4O2S. The van der Waals surface area contributed by atoms with Gasteiger partial charge in [-0.3, -0.25) is 14.8 Å².